The molecule has 0 saturated carbocycles. The molecule has 0 fully saturated rings. The monoisotopic (exact) mass is 571 g/mol. The molecule has 210 valence electrons. The van der Waals surface area contributed by atoms with Crippen LogP contribution in [-0.2, 0) is 0 Å². The molecule has 0 spiro atoms. The Bertz CT molecular complexity index is 1670. The molecule has 2 aromatic carbocycles. The first kappa shape index (κ1) is 26.8. The lowest BCUT2D eigenvalue weighted by Gasteiger charge is -2.30. The summed E-state index contributed by atoms with van der Waals surface area (Å²) in [5.41, 5.74) is 9.79. The zero-order valence-corrected chi connectivity index (χ0v) is 24.0. The van der Waals surface area contributed by atoms with Gasteiger partial charge in [0.2, 0.25) is 5.95 Å². The van der Waals surface area contributed by atoms with Crippen LogP contribution in [0.25, 0.3) is 10.9 Å². The van der Waals surface area contributed by atoms with Crippen LogP contribution >= 0.6 is 11.6 Å². The van der Waals surface area contributed by atoms with Gasteiger partial charge in [0.1, 0.15) is 6.07 Å². The van der Waals surface area contributed by atoms with E-state index in [1.165, 1.54) is 24.5 Å². The summed E-state index contributed by atoms with van der Waals surface area (Å²) in [4.78, 5) is 8.28. The summed E-state index contributed by atoms with van der Waals surface area (Å²) in [6, 6.07) is 16.8. The average molecular weight is 572 g/mol. The first-order chi connectivity index (χ1) is 20.0. The Hall–Kier alpha value is -4.39. The smallest absolute Gasteiger partial charge is 0.212 e. The Morgan fingerprint density at radius 3 is 2.51 bits per heavy atom. The van der Waals surface area contributed by atoms with Gasteiger partial charge in [-0.2, -0.15) is 9.65 Å². The van der Waals surface area contributed by atoms with Crippen molar-refractivity contribution in [3.63, 3.8) is 0 Å². The van der Waals surface area contributed by atoms with Crippen LogP contribution in [0.1, 0.15) is 64.2 Å². The van der Waals surface area contributed by atoms with Gasteiger partial charge in [0.25, 0.3) is 0 Å². The molecule has 10 heteroatoms. The van der Waals surface area contributed by atoms with Crippen LogP contribution in [0.4, 0.5) is 15.8 Å². The second kappa shape index (κ2) is 11.6. The maximum atomic E-state index is 13.8. The summed E-state index contributed by atoms with van der Waals surface area (Å²) in [7, 11) is 0. The van der Waals surface area contributed by atoms with Crippen LogP contribution in [0.15, 0.2) is 78.9 Å². The van der Waals surface area contributed by atoms with Crippen LogP contribution in [0, 0.1) is 17.3 Å². The van der Waals surface area contributed by atoms with Crippen molar-refractivity contribution in [1.82, 2.24) is 25.9 Å². The molecule has 2 aromatic heterocycles. The fourth-order valence-corrected chi connectivity index (χ4v) is 4.89. The van der Waals surface area contributed by atoms with Crippen molar-refractivity contribution in [3.8, 4) is 6.07 Å². The van der Waals surface area contributed by atoms with Crippen molar-refractivity contribution in [2.24, 2.45) is 0 Å². The molecule has 0 bridgehead atoms. The first-order valence-electron chi connectivity index (χ1n) is 13.8. The molecule has 5 rings (SSSR count). The number of pyridine rings is 2. The molecule has 0 saturated heterocycles. The number of hydrogen-bond acceptors (Lipinski definition) is 8. The Kier molecular flexibility index (Phi) is 7.59. The van der Waals surface area contributed by atoms with Crippen LogP contribution in [0.5, 0.6) is 0 Å². The summed E-state index contributed by atoms with van der Waals surface area (Å²) < 4.78 is 23.4. The van der Waals surface area contributed by atoms with Gasteiger partial charge in [-0.1, -0.05) is 54.9 Å². The third kappa shape index (κ3) is 6.04. The van der Waals surface area contributed by atoms with E-state index in [1.807, 2.05) is 62.2 Å². The minimum absolute atomic E-state index is 0.0675. The lowest BCUT2D eigenvalue weighted by atomic mass is 10.0. The first-order valence-corrected chi connectivity index (χ1v) is 13.7. The summed E-state index contributed by atoms with van der Waals surface area (Å²) in [6.45, 7) is 8.14. The number of nitriles is 1. The molecule has 1 aliphatic heterocycles. The molecule has 0 radical (unpaired) electrons. The van der Waals surface area contributed by atoms with Gasteiger partial charge in [-0.25, -0.2) is 4.98 Å². The molecule has 0 aliphatic carbocycles. The van der Waals surface area contributed by atoms with Crippen molar-refractivity contribution in [2.75, 3.05) is 10.6 Å². The van der Waals surface area contributed by atoms with Crippen molar-refractivity contribution >= 4 is 33.9 Å². The Labute approximate surface area is 245 Å². The van der Waals surface area contributed by atoms with Gasteiger partial charge < -0.3 is 16.1 Å². The Balaban J connectivity index is 1.62. The minimum Gasteiger partial charge on any atom is -0.377 e. The molecular formula is C31H32ClFN8. The highest BCUT2D eigenvalue weighted by Crippen LogP contribution is 2.37. The third-order valence-electron chi connectivity index (χ3n) is 6.82. The van der Waals surface area contributed by atoms with E-state index in [1.54, 1.807) is 12.3 Å². The Morgan fingerprint density at radius 2 is 1.88 bits per heavy atom. The summed E-state index contributed by atoms with van der Waals surface area (Å²) >= 11 is 6.77. The molecule has 0 unspecified atom stereocenters. The molecule has 4 aromatic rings. The molecule has 0 amide bonds. The van der Waals surface area contributed by atoms with Gasteiger partial charge in [-0.15, -0.1) is 5.53 Å². The lowest BCUT2D eigenvalue weighted by molar-refractivity contribution is 0.138. The fourth-order valence-electron chi connectivity index (χ4n) is 4.62. The molecule has 41 heavy (non-hydrogen) atoms. The average Bonchev–Trinajstić information content (AvgIpc) is 3.49. The molecule has 4 N–H and O–H groups in total. The van der Waals surface area contributed by atoms with Gasteiger partial charge in [-0.3, -0.25) is 9.99 Å². The van der Waals surface area contributed by atoms with Crippen LogP contribution in [-0.4, -0.2) is 20.5 Å². The number of nitrogens with one attached hydrogen (secondary N) is 4. The largest absolute Gasteiger partial charge is 0.377 e. The van der Waals surface area contributed by atoms with E-state index >= 15 is 0 Å². The molecule has 3 heterocycles. The lowest BCUT2D eigenvalue weighted by Crippen LogP contribution is -2.47. The van der Waals surface area contributed by atoms with Crippen LogP contribution in [0.2, 0.25) is 5.02 Å². The van der Waals surface area contributed by atoms with E-state index in [0.717, 1.165) is 12.0 Å². The van der Waals surface area contributed by atoms with Gasteiger partial charge in [-0.05, 0) is 56.5 Å². The number of nitrogens with zero attached hydrogens (tertiary/aromatic N) is 4. The minimum atomic E-state index is -1.63. The van der Waals surface area contributed by atoms with Crippen molar-refractivity contribution in [1.29, 1.82) is 5.26 Å². The quantitative estimate of drug-likeness (QED) is 0.168. The summed E-state index contributed by atoms with van der Waals surface area (Å²) in [5, 5.41) is 19.6. The SMILES string of the molecule is [2H][C@](Nc1cc(Cl)c2ncc(C#N)c(N[C@H](CC)c3ccccc3)c2c1)(C1=CN(C(C)(C)C)NN1)c1ccc(F)nc1. The van der Waals surface area contributed by atoms with E-state index in [-0.39, 0.29) is 11.6 Å². The number of benzene rings is 2. The molecule has 1 aliphatic rings. The van der Waals surface area contributed by atoms with Crippen LogP contribution < -0.4 is 21.6 Å². The highest BCUT2D eigenvalue weighted by molar-refractivity contribution is 6.35. The van der Waals surface area contributed by atoms with Crippen molar-refractivity contribution in [2.45, 2.75) is 51.7 Å². The standard InChI is InChI=1S/C31H32ClFN8/c1-5-25(19-9-7-6-8-10-19)38-28-21(15-34)17-36-30-23(28)13-22(14-24(30)32)37-29(20-11-12-27(33)35-16-20)26-18-41(40-39-26)31(2,3)4/h6-14,16-18,25,29,37,39-40H,5H2,1-4H3,(H,36,38)/t25-,29-/m1/s1/i29D. The zero-order valence-electron chi connectivity index (χ0n) is 24.3. The predicted molar refractivity (Wildman–Crippen MR) is 161 cm³/mol. The van der Waals surface area contributed by atoms with Gasteiger partial charge in [0.05, 0.1) is 40.9 Å². The molecule has 2 atom stereocenters. The fraction of sp³-hybridized carbons (Fsp3) is 0.258. The molecule has 8 nitrogen and oxygen atoms in total. The van der Waals surface area contributed by atoms with Crippen LogP contribution in [0.3, 0.4) is 0 Å². The van der Waals surface area contributed by atoms with Crippen molar-refractivity contribution in [3.05, 3.63) is 107 Å². The van der Waals surface area contributed by atoms with Gasteiger partial charge in [0, 0.05) is 35.2 Å². The van der Waals surface area contributed by atoms with Crippen molar-refractivity contribution < 1.29 is 5.76 Å². The third-order valence-corrected chi connectivity index (χ3v) is 7.11. The number of hydrazine groups is 2. The topological polar surface area (TPSA) is 101 Å². The highest BCUT2D eigenvalue weighted by Gasteiger charge is 2.28. The second-order valence-corrected chi connectivity index (χ2v) is 11.1. The maximum absolute atomic E-state index is 13.8. The predicted octanol–water partition coefficient (Wildman–Crippen LogP) is 6.98. The number of aromatic nitrogens is 2. The Morgan fingerprint density at radius 1 is 1.10 bits per heavy atom. The number of rotatable bonds is 8. The normalized spacial score (nSPS) is 15.8. The number of halogens is 2. The van der Waals surface area contributed by atoms with E-state index in [9.17, 15) is 11.0 Å². The van der Waals surface area contributed by atoms with E-state index in [0.29, 0.717) is 44.1 Å². The van der Waals surface area contributed by atoms with Gasteiger partial charge in [0.15, 0.2) is 0 Å². The number of fused-ring (bicyclic) bond motifs is 1. The summed E-state index contributed by atoms with van der Waals surface area (Å²) in [6.07, 6.45) is 5.41. The number of anilines is 2. The van der Waals surface area contributed by atoms with E-state index < -0.39 is 12.0 Å². The maximum Gasteiger partial charge on any atom is 0.212 e. The van der Waals surface area contributed by atoms with E-state index in [4.69, 9.17) is 11.6 Å². The molecular weight excluding hydrogens is 539 g/mol. The summed E-state index contributed by atoms with van der Waals surface area (Å²) in [5.74, 6) is -0.646. The second-order valence-electron chi connectivity index (χ2n) is 10.7. The highest BCUT2D eigenvalue weighted by atomic mass is 35.5. The van der Waals surface area contributed by atoms with E-state index in [2.05, 4.69) is 44.6 Å². The number of hydrogen-bond donors (Lipinski definition) is 4. The zero-order chi connectivity index (χ0) is 30.1. The van der Waals surface area contributed by atoms with Gasteiger partial charge >= 0.3 is 0 Å².